The molecule has 1 N–H and O–H groups in total. The van der Waals surface area contributed by atoms with E-state index in [9.17, 15) is 23.1 Å². The molecule has 0 aliphatic rings. The average molecular weight is 476 g/mol. The normalized spacial score (nSPS) is 11.0. The first-order chi connectivity index (χ1) is 15.2. The number of hydrogen-bond donors (Lipinski definition) is 1. The second-order valence-electron chi connectivity index (χ2n) is 6.45. The molecule has 0 aliphatic carbocycles. The number of para-hydroxylation sites is 1. The molecule has 0 saturated carbocycles. The Labute approximate surface area is 188 Å². The van der Waals surface area contributed by atoms with Crippen molar-refractivity contribution in [2.45, 2.75) is 4.90 Å². The number of aromatic carboxylic acids is 1. The predicted octanol–water partition coefficient (Wildman–Crippen LogP) is 2.21. The quantitative estimate of drug-likeness (QED) is 0.529. The van der Waals surface area contributed by atoms with Gasteiger partial charge in [0.1, 0.15) is 0 Å². The Morgan fingerprint density at radius 2 is 1.66 bits per heavy atom. The van der Waals surface area contributed by atoms with Crippen molar-refractivity contribution in [1.82, 2.24) is 0 Å². The van der Waals surface area contributed by atoms with E-state index < -0.39 is 21.9 Å². The number of benzene rings is 2. The molecule has 0 unspecified atom stereocenters. The van der Waals surface area contributed by atoms with Gasteiger partial charge in [-0.2, -0.15) is 0 Å². The Bertz CT molecular complexity index is 1250. The van der Waals surface area contributed by atoms with E-state index in [2.05, 4.69) is 5.32 Å². The molecule has 9 nitrogen and oxygen atoms in total. The fourth-order valence-electron chi connectivity index (χ4n) is 2.84. The predicted molar refractivity (Wildman–Crippen MR) is 118 cm³/mol. The SMILES string of the molecule is COc1cc(NC(=O)c2cc(S(=O)(=O)N(C)c3ccccc3)cs2)c(C(=O)[O-])cc1OC. The fraction of sp³-hybridized carbons (Fsp3) is 0.143. The molecule has 0 saturated heterocycles. The molecule has 1 aromatic heterocycles. The summed E-state index contributed by atoms with van der Waals surface area (Å²) in [5.74, 6) is -1.86. The van der Waals surface area contributed by atoms with Crippen LogP contribution in [0.5, 0.6) is 11.5 Å². The molecule has 0 fully saturated rings. The highest BCUT2D eigenvalue weighted by atomic mass is 32.2. The zero-order valence-electron chi connectivity index (χ0n) is 17.3. The molecule has 0 bridgehead atoms. The highest BCUT2D eigenvalue weighted by Crippen LogP contribution is 2.34. The molecule has 1 heterocycles. The number of anilines is 2. The van der Waals surface area contributed by atoms with Crippen LogP contribution < -0.4 is 24.2 Å². The molecule has 0 aliphatic heterocycles. The summed E-state index contributed by atoms with van der Waals surface area (Å²) >= 11 is 0.911. The minimum Gasteiger partial charge on any atom is -0.545 e. The van der Waals surface area contributed by atoms with Crippen LogP contribution in [-0.2, 0) is 10.0 Å². The lowest BCUT2D eigenvalue weighted by molar-refractivity contribution is -0.254. The van der Waals surface area contributed by atoms with Gasteiger partial charge in [-0.15, -0.1) is 11.3 Å². The van der Waals surface area contributed by atoms with Crippen LogP contribution in [0, 0.1) is 0 Å². The van der Waals surface area contributed by atoms with Gasteiger partial charge in [0.05, 0.1) is 41.3 Å². The fourth-order valence-corrected chi connectivity index (χ4v) is 5.19. The molecule has 3 rings (SSSR count). The third kappa shape index (κ3) is 4.53. The van der Waals surface area contributed by atoms with E-state index in [1.165, 1.54) is 44.8 Å². The van der Waals surface area contributed by atoms with Crippen molar-refractivity contribution in [2.75, 3.05) is 30.9 Å². The molecule has 0 atom stereocenters. The third-order valence-corrected chi connectivity index (χ3v) is 7.41. The van der Waals surface area contributed by atoms with Gasteiger partial charge in [-0.25, -0.2) is 8.42 Å². The summed E-state index contributed by atoms with van der Waals surface area (Å²) in [5.41, 5.74) is 0.0738. The number of carbonyl (C=O) groups is 2. The van der Waals surface area contributed by atoms with Crippen LogP contribution >= 0.6 is 11.3 Å². The first-order valence-electron chi connectivity index (χ1n) is 9.10. The van der Waals surface area contributed by atoms with Crippen LogP contribution in [0.25, 0.3) is 0 Å². The summed E-state index contributed by atoms with van der Waals surface area (Å²) in [6, 6.07) is 12.2. The summed E-state index contributed by atoms with van der Waals surface area (Å²) in [5, 5.41) is 15.3. The summed E-state index contributed by atoms with van der Waals surface area (Å²) in [4.78, 5) is 24.3. The number of methoxy groups -OCH3 is 2. The summed E-state index contributed by atoms with van der Waals surface area (Å²) < 4.78 is 37.1. The Kier molecular flexibility index (Phi) is 6.70. The smallest absolute Gasteiger partial charge is 0.265 e. The topological polar surface area (TPSA) is 125 Å². The molecule has 11 heteroatoms. The monoisotopic (exact) mass is 475 g/mol. The van der Waals surface area contributed by atoms with Crippen molar-refractivity contribution in [1.29, 1.82) is 0 Å². The third-order valence-electron chi connectivity index (χ3n) is 4.57. The van der Waals surface area contributed by atoms with Gasteiger partial charge in [0.25, 0.3) is 15.9 Å². The maximum Gasteiger partial charge on any atom is 0.265 e. The zero-order valence-corrected chi connectivity index (χ0v) is 19.0. The number of carboxylic acids is 1. The Morgan fingerprint density at radius 3 is 2.25 bits per heavy atom. The van der Waals surface area contributed by atoms with Gasteiger partial charge in [0.2, 0.25) is 0 Å². The van der Waals surface area contributed by atoms with Crippen molar-refractivity contribution in [3.8, 4) is 11.5 Å². The molecule has 0 radical (unpaired) electrons. The van der Waals surface area contributed by atoms with Gasteiger partial charge in [0.15, 0.2) is 11.5 Å². The van der Waals surface area contributed by atoms with E-state index in [1.807, 2.05) is 0 Å². The second kappa shape index (κ2) is 9.28. The van der Waals surface area contributed by atoms with Gasteiger partial charge >= 0.3 is 0 Å². The van der Waals surface area contributed by atoms with E-state index in [0.717, 1.165) is 15.6 Å². The van der Waals surface area contributed by atoms with Gasteiger partial charge in [-0.05, 0) is 24.3 Å². The number of rotatable bonds is 8. The lowest BCUT2D eigenvalue weighted by Crippen LogP contribution is -2.26. The van der Waals surface area contributed by atoms with Crippen LogP contribution in [0.1, 0.15) is 20.0 Å². The van der Waals surface area contributed by atoms with Gasteiger partial charge in [-0.1, -0.05) is 18.2 Å². The summed E-state index contributed by atoms with van der Waals surface area (Å²) in [7, 11) is 0.224. The number of carbonyl (C=O) groups excluding carboxylic acids is 2. The van der Waals surface area contributed by atoms with Crippen LogP contribution in [0.2, 0.25) is 0 Å². The second-order valence-corrected chi connectivity index (χ2v) is 9.33. The van der Waals surface area contributed by atoms with Crippen molar-refractivity contribution >= 4 is 44.6 Å². The number of amides is 1. The number of thiophene rings is 1. The number of nitrogens with zero attached hydrogens (tertiary/aromatic N) is 1. The molecule has 1 amide bonds. The Hall–Kier alpha value is -3.57. The van der Waals surface area contributed by atoms with E-state index in [0.29, 0.717) is 5.69 Å². The van der Waals surface area contributed by atoms with Gasteiger partial charge < -0.3 is 24.7 Å². The zero-order chi connectivity index (χ0) is 23.5. The average Bonchev–Trinajstić information content (AvgIpc) is 3.30. The molecule has 2 aromatic carbocycles. The number of ether oxygens (including phenoxy) is 2. The molecule has 3 aromatic rings. The molecule has 168 valence electrons. The van der Waals surface area contributed by atoms with Gasteiger partial charge in [0, 0.05) is 24.1 Å². The lowest BCUT2D eigenvalue weighted by Gasteiger charge is -2.18. The van der Waals surface area contributed by atoms with Crippen molar-refractivity contribution in [2.24, 2.45) is 0 Å². The van der Waals surface area contributed by atoms with Crippen LogP contribution in [-0.4, -0.2) is 41.6 Å². The van der Waals surface area contributed by atoms with E-state index in [4.69, 9.17) is 9.47 Å². The van der Waals surface area contributed by atoms with Crippen molar-refractivity contribution in [3.63, 3.8) is 0 Å². The minimum atomic E-state index is -3.90. The lowest BCUT2D eigenvalue weighted by atomic mass is 10.1. The number of hydrogen-bond acceptors (Lipinski definition) is 8. The largest absolute Gasteiger partial charge is 0.545 e. The summed E-state index contributed by atoms with van der Waals surface area (Å²) in [6.45, 7) is 0. The first-order valence-corrected chi connectivity index (χ1v) is 11.4. The van der Waals surface area contributed by atoms with Crippen molar-refractivity contribution in [3.05, 3.63) is 64.4 Å². The van der Waals surface area contributed by atoms with E-state index in [1.54, 1.807) is 30.3 Å². The molecule has 0 spiro atoms. The Balaban J connectivity index is 1.89. The highest BCUT2D eigenvalue weighted by Gasteiger charge is 2.24. The van der Waals surface area contributed by atoms with Crippen LogP contribution in [0.4, 0.5) is 11.4 Å². The first kappa shape index (κ1) is 23.1. The molecular formula is C21H19N2O7S2-. The van der Waals surface area contributed by atoms with Crippen LogP contribution in [0.3, 0.4) is 0 Å². The molecule has 32 heavy (non-hydrogen) atoms. The van der Waals surface area contributed by atoms with Crippen LogP contribution in [0.15, 0.2) is 58.8 Å². The van der Waals surface area contributed by atoms with E-state index in [-0.39, 0.29) is 32.5 Å². The minimum absolute atomic E-state index is 0.0635. The molecular weight excluding hydrogens is 456 g/mol. The Morgan fingerprint density at radius 1 is 1.03 bits per heavy atom. The van der Waals surface area contributed by atoms with E-state index >= 15 is 0 Å². The summed E-state index contributed by atoms with van der Waals surface area (Å²) in [6.07, 6.45) is 0. The standard InChI is InChI=1S/C21H20N2O7S2/c1-23(13-7-5-4-6-8-13)32(27,28)14-9-19(31-12-14)20(24)22-16-11-18(30-3)17(29-2)10-15(16)21(25)26/h4-12H,1-3H3,(H,22,24)(H,25,26)/p-1. The number of nitrogens with one attached hydrogen (secondary N) is 1. The van der Waals surface area contributed by atoms with Crippen molar-refractivity contribution < 1.29 is 32.6 Å². The highest BCUT2D eigenvalue weighted by molar-refractivity contribution is 7.93. The van der Waals surface area contributed by atoms with Gasteiger partial charge in [-0.3, -0.25) is 9.10 Å². The number of sulfonamides is 1. The number of carboxylic acid groups (broad SMARTS) is 1. The maximum atomic E-state index is 12.9. The maximum absolute atomic E-state index is 12.9.